The van der Waals surface area contributed by atoms with E-state index < -0.39 is 0 Å². The highest BCUT2D eigenvalue weighted by atomic mass is 79.9. The lowest BCUT2D eigenvalue weighted by Gasteiger charge is -2.17. The summed E-state index contributed by atoms with van der Waals surface area (Å²) in [4.78, 5) is 0. The van der Waals surface area contributed by atoms with Crippen LogP contribution >= 0.6 is 15.9 Å². The van der Waals surface area contributed by atoms with Gasteiger partial charge < -0.3 is 5.32 Å². The third kappa shape index (κ3) is 4.67. The zero-order chi connectivity index (χ0) is 11.8. The molecule has 0 fully saturated rings. The first-order chi connectivity index (χ1) is 7.77. The number of hydrogen-bond acceptors (Lipinski definition) is 1. The number of halogens is 1. The van der Waals surface area contributed by atoms with E-state index in [0.717, 1.165) is 13.1 Å². The monoisotopic (exact) mass is 283 g/mol. The van der Waals surface area contributed by atoms with E-state index in [9.17, 15) is 0 Å². The number of unbranched alkanes of at least 4 members (excludes halogenated alkanes) is 1. The molecule has 0 aliphatic carbocycles. The lowest BCUT2D eigenvalue weighted by molar-refractivity contribution is 0.538. The maximum atomic E-state index is 3.55. The van der Waals surface area contributed by atoms with Crippen molar-refractivity contribution in [3.63, 3.8) is 0 Å². The Morgan fingerprint density at radius 2 is 2.12 bits per heavy atom. The molecule has 0 spiro atoms. The Morgan fingerprint density at radius 1 is 1.31 bits per heavy atom. The Morgan fingerprint density at radius 3 is 2.75 bits per heavy atom. The van der Waals surface area contributed by atoms with Crippen LogP contribution in [0, 0.1) is 0 Å². The van der Waals surface area contributed by atoms with E-state index >= 15 is 0 Å². The molecule has 0 saturated carbocycles. The molecular formula is C14H22BrN. The molecule has 0 amide bonds. The molecule has 0 aliphatic heterocycles. The van der Waals surface area contributed by atoms with E-state index in [1.165, 1.54) is 29.3 Å². The smallest absolute Gasteiger partial charge is 0.0178 e. The van der Waals surface area contributed by atoms with E-state index in [1.54, 1.807) is 0 Å². The van der Waals surface area contributed by atoms with Crippen LogP contribution < -0.4 is 5.32 Å². The number of benzene rings is 1. The summed E-state index contributed by atoms with van der Waals surface area (Å²) in [6.45, 7) is 6.56. The largest absolute Gasteiger partial charge is 0.316 e. The molecule has 0 heterocycles. The summed E-state index contributed by atoms with van der Waals surface area (Å²) in [5.74, 6) is 0.650. The topological polar surface area (TPSA) is 12.0 Å². The van der Waals surface area contributed by atoms with Crippen molar-refractivity contribution in [3.05, 3.63) is 34.3 Å². The Balaban J connectivity index is 2.66. The zero-order valence-electron chi connectivity index (χ0n) is 10.3. The minimum absolute atomic E-state index is 0.650. The second kappa shape index (κ2) is 7.86. The molecule has 16 heavy (non-hydrogen) atoms. The summed E-state index contributed by atoms with van der Waals surface area (Å²) in [7, 11) is 0. The average molecular weight is 284 g/mol. The van der Waals surface area contributed by atoms with Gasteiger partial charge in [-0.15, -0.1) is 0 Å². The van der Waals surface area contributed by atoms with Gasteiger partial charge in [0.15, 0.2) is 0 Å². The molecule has 1 atom stereocenters. The highest BCUT2D eigenvalue weighted by Gasteiger charge is 2.10. The number of rotatable bonds is 7. The first-order valence-electron chi connectivity index (χ1n) is 6.24. The predicted molar refractivity (Wildman–Crippen MR) is 75.0 cm³/mol. The van der Waals surface area contributed by atoms with E-state index in [4.69, 9.17) is 0 Å². The SMILES string of the molecule is CCCCC(CNCC)c1cccc(Br)c1. The van der Waals surface area contributed by atoms with Crippen LogP contribution in [0.25, 0.3) is 0 Å². The molecular weight excluding hydrogens is 262 g/mol. The number of likely N-dealkylation sites (N-methyl/N-ethyl adjacent to an activating group) is 1. The maximum absolute atomic E-state index is 3.55. The van der Waals surface area contributed by atoms with Gasteiger partial charge in [0, 0.05) is 11.0 Å². The van der Waals surface area contributed by atoms with Crippen molar-refractivity contribution in [2.45, 2.75) is 39.0 Å². The van der Waals surface area contributed by atoms with Crippen LogP contribution in [0.5, 0.6) is 0 Å². The molecule has 0 saturated heterocycles. The lowest BCUT2D eigenvalue weighted by Crippen LogP contribution is -2.21. The van der Waals surface area contributed by atoms with Crippen LogP contribution in [0.3, 0.4) is 0 Å². The highest BCUT2D eigenvalue weighted by molar-refractivity contribution is 9.10. The van der Waals surface area contributed by atoms with Crippen molar-refractivity contribution < 1.29 is 0 Å². The Kier molecular flexibility index (Phi) is 6.74. The minimum atomic E-state index is 0.650. The first-order valence-corrected chi connectivity index (χ1v) is 7.03. The molecule has 2 heteroatoms. The summed E-state index contributed by atoms with van der Waals surface area (Å²) in [5, 5.41) is 3.46. The van der Waals surface area contributed by atoms with Crippen LogP contribution in [0.1, 0.15) is 44.6 Å². The summed E-state index contributed by atoms with van der Waals surface area (Å²) in [5.41, 5.74) is 1.45. The van der Waals surface area contributed by atoms with Gasteiger partial charge >= 0.3 is 0 Å². The van der Waals surface area contributed by atoms with Crippen molar-refractivity contribution in [1.82, 2.24) is 5.32 Å². The Labute approximate surface area is 108 Å². The molecule has 1 rings (SSSR count). The molecule has 0 aromatic heterocycles. The Bertz CT molecular complexity index is 291. The van der Waals surface area contributed by atoms with Gasteiger partial charge in [0.2, 0.25) is 0 Å². The standard InChI is InChI=1S/C14H22BrN/c1-3-5-7-13(11-16-4-2)12-8-6-9-14(15)10-12/h6,8-10,13,16H,3-5,7,11H2,1-2H3. The normalized spacial score (nSPS) is 12.7. The molecule has 90 valence electrons. The first kappa shape index (κ1) is 13.7. The fraction of sp³-hybridized carbons (Fsp3) is 0.571. The van der Waals surface area contributed by atoms with Crippen LogP contribution in [0.2, 0.25) is 0 Å². The Hall–Kier alpha value is -0.340. The quantitative estimate of drug-likeness (QED) is 0.785. The summed E-state index contributed by atoms with van der Waals surface area (Å²) >= 11 is 3.55. The van der Waals surface area contributed by atoms with Gasteiger partial charge in [-0.05, 0) is 36.6 Å². The maximum Gasteiger partial charge on any atom is 0.0178 e. The van der Waals surface area contributed by atoms with Gasteiger partial charge in [0.05, 0.1) is 0 Å². The van der Waals surface area contributed by atoms with Gasteiger partial charge in [-0.2, -0.15) is 0 Å². The fourth-order valence-electron chi connectivity index (χ4n) is 1.92. The van der Waals surface area contributed by atoms with Crippen molar-refractivity contribution in [2.24, 2.45) is 0 Å². The summed E-state index contributed by atoms with van der Waals surface area (Å²) in [6.07, 6.45) is 3.86. The molecule has 0 bridgehead atoms. The molecule has 1 aromatic rings. The van der Waals surface area contributed by atoms with Crippen molar-refractivity contribution in [3.8, 4) is 0 Å². The third-order valence-electron chi connectivity index (χ3n) is 2.87. The van der Waals surface area contributed by atoms with Gasteiger partial charge in [0.25, 0.3) is 0 Å². The average Bonchev–Trinajstić information content (AvgIpc) is 2.29. The predicted octanol–water partition coefficient (Wildman–Crippen LogP) is 4.33. The second-order valence-corrected chi connectivity index (χ2v) is 5.12. The van der Waals surface area contributed by atoms with Gasteiger partial charge in [-0.3, -0.25) is 0 Å². The number of hydrogen-bond donors (Lipinski definition) is 1. The van der Waals surface area contributed by atoms with Gasteiger partial charge in [-0.1, -0.05) is 54.8 Å². The molecule has 1 N–H and O–H groups in total. The van der Waals surface area contributed by atoms with Gasteiger partial charge in [0.1, 0.15) is 0 Å². The van der Waals surface area contributed by atoms with Gasteiger partial charge in [-0.25, -0.2) is 0 Å². The fourth-order valence-corrected chi connectivity index (χ4v) is 2.33. The van der Waals surface area contributed by atoms with E-state index in [1.807, 2.05) is 0 Å². The van der Waals surface area contributed by atoms with E-state index in [2.05, 4.69) is 59.4 Å². The lowest BCUT2D eigenvalue weighted by atomic mass is 9.93. The van der Waals surface area contributed by atoms with Crippen LogP contribution in [0.15, 0.2) is 28.7 Å². The van der Waals surface area contributed by atoms with Crippen LogP contribution in [-0.4, -0.2) is 13.1 Å². The van der Waals surface area contributed by atoms with Crippen molar-refractivity contribution in [2.75, 3.05) is 13.1 Å². The van der Waals surface area contributed by atoms with Crippen molar-refractivity contribution >= 4 is 15.9 Å². The third-order valence-corrected chi connectivity index (χ3v) is 3.36. The highest BCUT2D eigenvalue weighted by Crippen LogP contribution is 2.24. The van der Waals surface area contributed by atoms with Crippen LogP contribution in [-0.2, 0) is 0 Å². The van der Waals surface area contributed by atoms with E-state index in [0.29, 0.717) is 5.92 Å². The van der Waals surface area contributed by atoms with Crippen LogP contribution in [0.4, 0.5) is 0 Å². The second-order valence-electron chi connectivity index (χ2n) is 4.20. The molecule has 1 unspecified atom stereocenters. The molecule has 0 radical (unpaired) electrons. The summed E-state index contributed by atoms with van der Waals surface area (Å²) in [6, 6.07) is 8.71. The molecule has 1 aromatic carbocycles. The van der Waals surface area contributed by atoms with Crippen molar-refractivity contribution in [1.29, 1.82) is 0 Å². The minimum Gasteiger partial charge on any atom is -0.316 e. The number of nitrogens with one attached hydrogen (secondary N) is 1. The molecule has 1 nitrogen and oxygen atoms in total. The van der Waals surface area contributed by atoms with E-state index in [-0.39, 0.29) is 0 Å². The zero-order valence-corrected chi connectivity index (χ0v) is 11.9. The molecule has 0 aliphatic rings. The summed E-state index contributed by atoms with van der Waals surface area (Å²) < 4.78 is 1.18.